The Bertz CT molecular complexity index is 489. The molecule has 0 saturated carbocycles. The Kier molecular flexibility index (Phi) is 5.41. The van der Waals surface area contributed by atoms with Crippen LogP contribution >= 0.6 is 11.8 Å². The van der Waals surface area contributed by atoms with Crippen LogP contribution in [0.15, 0.2) is 30.3 Å². The molecule has 1 fully saturated rings. The summed E-state index contributed by atoms with van der Waals surface area (Å²) < 4.78 is 6.73. The van der Waals surface area contributed by atoms with E-state index in [0.717, 1.165) is 5.56 Å². The highest BCUT2D eigenvalue weighted by Gasteiger charge is 2.25. The first-order valence-corrected chi connectivity index (χ1v) is 7.09. The number of ether oxygens (including phenoxy) is 1. The van der Waals surface area contributed by atoms with E-state index in [1.54, 1.807) is 21.5 Å². The summed E-state index contributed by atoms with van der Waals surface area (Å²) in [6.45, 7) is 2.39. The fourth-order valence-corrected chi connectivity index (χ4v) is 2.41. The van der Waals surface area contributed by atoms with Gasteiger partial charge >= 0.3 is 6.09 Å². The number of carbonyl (C=O) groups excluding carboxylic acids is 2. The van der Waals surface area contributed by atoms with Crippen LogP contribution < -0.4 is 5.73 Å². The van der Waals surface area contributed by atoms with E-state index in [1.807, 2.05) is 18.2 Å². The van der Waals surface area contributed by atoms with Gasteiger partial charge in [-0.15, -0.1) is 0 Å². The Morgan fingerprint density at radius 2 is 1.81 bits per heavy atom. The van der Waals surface area contributed by atoms with Crippen molar-refractivity contribution in [3.8, 4) is 0 Å². The van der Waals surface area contributed by atoms with Crippen LogP contribution in [0.5, 0.6) is 0 Å². The molecule has 1 aliphatic rings. The van der Waals surface area contributed by atoms with Gasteiger partial charge in [0.1, 0.15) is 6.10 Å². The Morgan fingerprint density at radius 3 is 2.38 bits per heavy atom. The Balaban J connectivity index is 2.01. The molecule has 7 heteroatoms. The molecule has 0 aromatic heterocycles. The zero-order chi connectivity index (χ0) is 15.2. The number of amides is 2. The van der Waals surface area contributed by atoms with Crippen molar-refractivity contribution in [3.05, 3.63) is 35.9 Å². The highest BCUT2D eigenvalue weighted by Crippen LogP contribution is 2.22. The summed E-state index contributed by atoms with van der Waals surface area (Å²) in [6.07, 6.45) is -1.47. The first-order valence-electron chi connectivity index (χ1n) is 6.76. The summed E-state index contributed by atoms with van der Waals surface area (Å²) in [4.78, 5) is 25.1. The molecule has 6 nitrogen and oxygen atoms in total. The van der Waals surface area contributed by atoms with Crippen molar-refractivity contribution < 1.29 is 14.3 Å². The van der Waals surface area contributed by atoms with Crippen molar-refractivity contribution in [3.63, 3.8) is 0 Å². The summed E-state index contributed by atoms with van der Waals surface area (Å²) in [7, 11) is 0. The number of primary amides is 1. The molecular formula is C14H18ClN3O3. The first kappa shape index (κ1) is 15.6. The van der Waals surface area contributed by atoms with Gasteiger partial charge in [0, 0.05) is 26.2 Å². The molecule has 114 valence electrons. The van der Waals surface area contributed by atoms with Gasteiger partial charge in [-0.25, -0.2) is 9.21 Å². The zero-order valence-corrected chi connectivity index (χ0v) is 12.3. The minimum atomic E-state index is -0.887. The smallest absolute Gasteiger partial charge is 0.405 e. The molecule has 0 spiro atoms. The van der Waals surface area contributed by atoms with Gasteiger partial charge in [-0.05, 0) is 17.3 Å². The predicted octanol–water partition coefficient (Wildman–Crippen LogP) is 1.51. The number of halogens is 1. The number of nitrogens with two attached hydrogens (primary N) is 1. The van der Waals surface area contributed by atoms with Gasteiger partial charge in [0.25, 0.3) is 0 Å². The van der Waals surface area contributed by atoms with Crippen molar-refractivity contribution in [2.45, 2.75) is 12.5 Å². The number of carbonyl (C=O) groups is 2. The van der Waals surface area contributed by atoms with Gasteiger partial charge in [-0.1, -0.05) is 30.3 Å². The van der Waals surface area contributed by atoms with Crippen LogP contribution in [-0.4, -0.2) is 47.5 Å². The molecule has 1 aromatic carbocycles. The van der Waals surface area contributed by atoms with Crippen molar-refractivity contribution in [1.29, 1.82) is 0 Å². The van der Waals surface area contributed by atoms with E-state index >= 15 is 0 Å². The number of piperazine rings is 1. The van der Waals surface area contributed by atoms with Gasteiger partial charge < -0.3 is 15.4 Å². The van der Waals surface area contributed by atoms with E-state index in [1.165, 1.54) is 0 Å². The van der Waals surface area contributed by atoms with E-state index in [4.69, 9.17) is 22.2 Å². The highest BCUT2D eigenvalue weighted by molar-refractivity contribution is 6.13. The fourth-order valence-electron chi connectivity index (χ4n) is 2.25. The number of hydrogen-bond acceptors (Lipinski definition) is 4. The van der Waals surface area contributed by atoms with Crippen molar-refractivity contribution in [2.24, 2.45) is 5.73 Å². The van der Waals surface area contributed by atoms with E-state index in [9.17, 15) is 9.59 Å². The van der Waals surface area contributed by atoms with Crippen LogP contribution in [0, 0.1) is 0 Å². The SMILES string of the molecule is NC(=O)O[C@@H](CC(=O)N1CCN(Cl)CC1)c1ccccc1. The van der Waals surface area contributed by atoms with Crippen LogP contribution in [0.4, 0.5) is 4.79 Å². The van der Waals surface area contributed by atoms with Crippen LogP contribution in [0.2, 0.25) is 0 Å². The van der Waals surface area contributed by atoms with Gasteiger partial charge in [-0.2, -0.15) is 0 Å². The van der Waals surface area contributed by atoms with E-state index in [-0.39, 0.29) is 12.3 Å². The zero-order valence-electron chi connectivity index (χ0n) is 11.6. The molecule has 0 bridgehead atoms. The predicted molar refractivity (Wildman–Crippen MR) is 78.5 cm³/mol. The van der Waals surface area contributed by atoms with E-state index in [2.05, 4.69) is 0 Å². The normalized spacial score (nSPS) is 17.3. The maximum Gasteiger partial charge on any atom is 0.405 e. The fraction of sp³-hybridized carbons (Fsp3) is 0.429. The van der Waals surface area contributed by atoms with Crippen LogP contribution in [0.1, 0.15) is 18.1 Å². The minimum absolute atomic E-state index is 0.0742. The molecule has 1 aliphatic heterocycles. The highest BCUT2D eigenvalue weighted by atomic mass is 35.5. The standard InChI is InChI=1S/C14H18ClN3O3/c15-18-8-6-17(7-9-18)13(19)10-12(21-14(16)20)11-4-2-1-3-5-11/h1-5,12H,6-10H2,(H2,16,20)/t12-/m0/s1. The second kappa shape index (κ2) is 7.28. The second-order valence-electron chi connectivity index (χ2n) is 4.83. The third-order valence-electron chi connectivity index (χ3n) is 3.37. The van der Waals surface area contributed by atoms with Crippen molar-refractivity contribution in [1.82, 2.24) is 9.32 Å². The minimum Gasteiger partial charge on any atom is -0.441 e. The lowest BCUT2D eigenvalue weighted by Gasteiger charge is -2.31. The number of rotatable bonds is 4. The summed E-state index contributed by atoms with van der Waals surface area (Å²) in [6, 6.07) is 9.11. The maximum atomic E-state index is 12.3. The molecular weight excluding hydrogens is 294 g/mol. The summed E-state index contributed by atoms with van der Waals surface area (Å²) in [5.41, 5.74) is 5.84. The molecule has 1 atom stereocenters. The molecule has 0 radical (unpaired) electrons. The Hall–Kier alpha value is -1.79. The number of benzene rings is 1. The van der Waals surface area contributed by atoms with Gasteiger partial charge in [-0.3, -0.25) is 4.79 Å². The molecule has 0 aliphatic carbocycles. The summed E-state index contributed by atoms with van der Waals surface area (Å²) in [5.74, 6) is -0.0742. The molecule has 1 aromatic rings. The molecule has 0 unspecified atom stereocenters. The molecule has 21 heavy (non-hydrogen) atoms. The van der Waals surface area contributed by atoms with Crippen molar-refractivity contribution in [2.75, 3.05) is 26.2 Å². The van der Waals surface area contributed by atoms with Gasteiger partial charge in [0.2, 0.25) is 5.91 Å². The Morgan fingerprint density at radius 1 is 1.19 bits per heavy atom. The molecule has 2 amide bonds. The quantitative estimate of drug-likeness (QED) is 0.855. The van der Waals surface area contributed by atoms with E-state index in [0.29, 0.717) is 26.2 Å². The second-order valence-corrected chi connectivity index (χ2v) is 5.31. The lowest BCUT2D eigenvalue weighted by atomic mass is 10.1. The van der Waals surface area contributed by atoms with Gasteiger partial charge in [0.15, 0.2) is 0 Å². The number of hydrogen-bond donors (Lipinski definition) is 1. The molecule has 2 N–H and O–H groups in total. The Labute approximate surface area is 128 Å². The lowest BCUT2D eigenvalue weighted by molar-refractivity contribution is -0.134. The summed E-state index contributed by atoms with van der Waals surface area (Å²) in [5, 5.41) is 0. The maximum absolute atomic E-state index is 12.3. The van der Waals surface area contributed by atoms with Crippen molar-refractivity contribution >= 4 is 23.8 Å². The van der Waals surface area contributed by atoms with Crippen LogP contribution in [-0.2, 0) is 9.53 Å². The summed E-state index contributed by atoms with van der Waals surface area (Å²) >= 11 is 5.87. The number of nitrogens with zero attached hydrogens (tertiary/aromatic N) is 2. The van der Waals surface area contributed by atoms with Crippen LogP contribution in [0.3, 0.4) is 0 Å². The monoisotopic (exact) mass is 311 g/mol. The van der Waals surface area contributed by atoms with E-state index < -0.39 is 12.2 Å². The average Bonchev–Trinajstić information content (AvgIpc) is 2.47. The van der Waals surface area contributed by atoms with Gasteiger partial charge in [0.05, 0.1) is 6.42 Å². The van der Waals surface area contributed by atoms with Crippen LogP contribution in [0.25, 0.3) is 0 Å². The third-order valence-corrected chi connectivity index (χ3v) is 3.71. The first-order chi connectivity index (χ1) is 10.1. The topological polar surface area (TPSA) is 75.9 Å². The average molecular weight is 312 g/mol. The largest absolute Gasteiger partial charge is 0.441 e. The third kappa shape index (κ3) is 4.61. The molecule has 1 heterocycles. The molecule has 1 saturated heterocycles. The lowest BCUT2D eigenvalue weighted by Crippen LogP contribution is -2.46. The molecule has 2 rings (SSSR count).